The minimum Gasteiger partial charge on any atom is -0.324 e. The topological polar surface area (TPSA) is 42.0 Å². The third-order valence-corrected chi connectivity index (χ3v) is 3.78. The van der Waals surface area contributed by atoms with E-state index in [1.165, 1.54) is 0 Å². The van der Waals surface area contributed by atoms with Crippen LogP contribution in [0.25, 0.3) is 0 Å². The molecule has 1 N–H and O–H groups in total. The number of hydrogen-bond acceptors (Lipinski definition) is 2. The second-order valence-corrected chi connectivity index (χ2v) is 5.39. The van der Waals surface area contributed by atoms with Gasteiger partial charge in [-0.1, -0.05) is 0 Å². The van der Waals surface area contributed by atoms with E-state index in [4.69, 9.17) is 23.2 Å². The molecule has 1 aliphatic carbocycles. The van der Waals surface area contributed by atoms with Crippen molar-refractivity contribution in [1.82, 2.24) is 4.98 Å². The summed E-state index contributed by atoms with van der Waals surface area (Å²) in [6.45, 7) is 1.75. The van der Waals surface area contributed by atoms with Crippen molar-refractivity contribution >= 4 is 34.8 Å². The van der Waals surface area contributed by atoms with Crippen LogP contribution in [0.2, 0.25) is 0 Å². The van der Waals surface area contributed by atoms with Gasteiger partial charge < -0.3 is 5.32 Å². The molecule has 0 radical (unpaired) electrons. The van der Waals surface area contributed by atoms with E-state index >= 15 is 0 Å². The molecule has 15 heavy (non-hydrogen) atoms. The summed E-state index contributed by atoms with van der Waals surface area (Å²) in [7, 11) is 0. The molecular weight excluding hydrogens is 235 g/mol. The van der Waals surface area contributed by atoms with Gasteiger partial charge in [0, 0.05) is 6.20 Å². The highest BCUT2D eigenvalue weighted by molar-refractivity contribution is 6.53. The van der Waals surface area contributed by atoms with Gasteiger partial charge in [-0.3, -0.25) is 9.78 Å². The van der Waals surface area contributed by atoms with Gasteiger partial charge in [0.2, 0.25) is 5.91 Å². The molecule has 1 aromatic rings. The van der Waals surface area contributed by atoms with Crippen LogP contribution in [0.4, 0.5) is 5.69 Å². The molecule has 1 aliphatic rings. The van der Waals surface area contributed by atoms with Crippen LogP contribution in [0.5, 0.6) is 0 Å². The molecule has 1 atom stereocenters. The summed E-state index contributed by atoms with van der Waals surface area (Å²) >= 11 is 11.8. The van der Waals surface area contributed by atoms with Crippen molar-refractivity contribution in [2.75, 3.05) is 5.32 Å². The first-order valence-electron chi connectivity index (χ1n) is 4.55. The number of carbonyl (C=O) groups is 1. The molecule has 0 aliphatic heterocycles. The number of amides is 1. The van der Waals surface area contributed by atoms with Crippen LogP contribution < -0.4 is 5.32 Å². The van der Waals surface area contributed by atoms with E-state index in [9.17, 15) is 4.79 Å². The molecule has 0 bridgehead atoms. The Morgan fingerprint density at radius 1 is 1.60 bits per heavy atom. The van der Waals surface area contributed by atoms with Crippen LogP contribution in [0.3, 0.4) is 0 Å². The van der Waals surface area contributed by atoms with Crippen molar-refractivity contribution in [3.05, 3.63) is 24.5 Å². The smallest absolute Gasteiger partial charge is 0.233 e. The van der Waals surface area contributed by atoms with Crippen LogP contribution in [0.15, 0.2) is 24.5 Å². The lowest BCUT2D eigenvalue weighted by atomic mass is 10.1. The zero-order chi connectivity index (χ0) is 11.1. The molecule has 1 amide bonds. The van der Waals surface area contributed by atoms with Crippen molar-refractivity contribution in [2.45, 2.75) is 17.7 Å². The summed E-state index contributed by atoms with van der Waals surface area (Å²) in [5.74, 6) is -0.166. The van der Waals surface area contributed by atoms with Gasteiger partial charge in [-0.2, -0.15) is 0 Å². The maximum absolute atomic E-state index is 11.8. The van der Waals surface area contributed by atoms with Crippen LogP contribution in [-0.2, 0) is 4.79 Å². The Kier molecular flexibility index (Phi) is 2.40. The Labute approximate surface area is 97.8 Å². The SMILES string of the molecule is C[C@@]1(C(=O)Nc2cccnc2)CC1(Cl)Cl. The molecule has 1 saturated carbocycles. The fourth-order valence-corrected chi connectivity index (χ4v) is 2.06. The summed E-state index contributed by atoms with van der Waals surface area (Å²) in [6.07, 6.45) is 3.70. The number of aromatic nitrogens is 1. The number of alkyl halides is 2. The van der Waals surface area contributed by atoms with Gasteiger partial charge in [-0.25, -0.2) is 0 Å². The maximum atomic E-state index is 11.8. The van der Waals surface area contributed by atoms with E-state index in [1.807, 2.05) is 0 Å². The lowest BCUT2D eigenvalue weighted by Gasteiger charge is -2.11. The van der Waals surface area contributed by atoms with E-state index < -0.39 is 9.75 Å². The summed E-state index contributed by atoms with van der Waals surface area (Å²) in [5.41, 5.74) is -0.0360. The number of nitrogens with one attached hydrogen (secondary N) is 1. The molecular formula is C10H10Cl2N2O. The van der Waals surface area contributed by atoms with Crippen molar-refractivity contribution in [2.24, 2.45) is 5.41 Å². The largest absolute Gasteiger partial charge is 0.324 e. The Balaban J connectivity index is 2.07. The predicted octanol–water partition coefficient (Wildman–Crippen LogP) is 2.60. The van der Waals surface area contributed by atoms with Gasteiger partial charge in [0.1, 0.15) is 4.33 Å². The third kappa shape index (κ3) is 1.82. The lowest BCUT2D eigenvalue weighted by Crippen LogP contribution is -2.25. The minimum absolute atomic E-state index is 0.166. The molecule has 1 fully saturated rings. The molecule has 5 heteroatoms. The molecule has 1 aromatic heterocycles. The number of pyridine rings is 1. The van der Waals surface area contributed by atoms with Gasteiger partial charge >= 0.3 is 0 Å². The maximum Gasteiger partial charge on any atom is 0.233 e. The molecule has 0 aromatic carbocycles. The van der Waals surface area contributed by atoms with Gasteiger partial charge in [0.05, 0.1) is 17.3 Å². The van der Waals surface area contributed by atoms with Gasteiger partial charge in [-0.05, 0) is 25.5 Å². The number of nitrogens with zero attached hydrogens (tertiary/aromatic N) is 1. The quantitative estimate of drug-likeness (QED) is 0.813. The third-order valence-electron chi connectivity index (χ3n) is 2.68. The fourth-order valence-electron chi connectivity index (χ4n) is 1.35. The van der Waals surface area contributed by atoms with E-state index in [1.54, 1.807) is 31.5 Å². The van der Waals surface area contributed by atoms with E-state index in [0.717, 1.165) is 0 Å². The molecule has 3 nitrogen and oxygen atoms in total. The van der Waals surface area contributed by atoms with Crippen molar-refractivity contribution in [3.8, 4) is 0 Å². The lowest BCUT2D eigenvalue weighted by molar-refractivity contribution is -0.120. The highest BCUT2D eigenvalue weighted by atomic mass is 35.5. The first-order chi connectivity index (χ1) is 6.96. The summed E-state index contributed by atoms with van der Waals surface area (Å²) in [4.78, 5) is 15.7. The summed E-state index contributed by atoms with van der Waals surface area (Å²) in [5, 5.41) is 2.73. The van der Waals surface area contributed by atoms with Gasteiger partial charge in [-0.15, -0.1) is 23.2 Å². The molecule has 2 rings (SSSR count). The molecule has 0 spiro atoms. The Morgan fingerprint density at radius 2 is 2.27 bits per heavy atom. The monoisotopic (exact) mass is 244 g/mol. The highest BCUT2D eigenvalue weighted by Crippen LogP contribution is 2.64. The molecule has 0 unspecified atom stereocenters. The Hall–Kier alpha value is -0.800. The van der Waals surface area contributed by atoms with Gasteiger partial charge in [0.25, 0.3) is 0 Å². The Morgan fingerprint density at radius 3 is 2.73 bits per heavy atom. The molecule has 1 heterocycles. The fraction of sp³-hybridized carbons (Fsp3) is 0.400. The van der Waals surface area contributed by atoms with Crippen molar-refractivity contribution in [3.63, 3.8) is 0 Å². The highest BCUT2D eigenvalue weighted by Gasteiger charge is 2.67. The number of rotatable bonds is 2. The zero-order valence-corrected chi connectivity index (χ0v) is 9.64. The van der Waals surface area contributed by atoms with Crippen LogP contribution >= 0.6 is 23.2 Å². The van der Waals surface area contributed by atoms with Crippen molar-refractivity contribution < 1.29 is 4.79 Å². The number of carbonyl (C=O) groups excluding carboxylic acids is 1. The number of hydrogen-bond donors (Lipinski definition) is 1. The first-order valence-corrected chi connectivity index (χ1v) is 5.31. The second kappa shape index (κ2) is 3.35. The standard InChI is InChI=1S/C10H10Cl2N2O/c1-9(6-10(9,11)12)8(15)14-7-3-2-4-13-5-7/h2-5H,6H2,1H3,(H,14,15)/t9-/m0/s1. The minimum atomic E-state index is -0.931. The first kappa shape index (κ1) is 10.7. The normalized spacial score (nSPS) is 27.1. The van der Waals surface area contributed by atoms with Crippen LogP contribution in [-0.4, -0.2) is 15.2 Å². The van der Waals surface area contributed by atoms with Crippen LogP contribution in [0, 0.1) is 5.41 Å². The number of halogens is 2. The average Bonchev–Trinajstić information content (AvgIpc) is 2.69. The van der Waals surface area contributed by atoms with Crippen LogP contribution in [0.1, 0.15) is 13.3 Å². The number of anilines is 1. The van der Waals surface area contributed by atoms with E-state index in [-0.39, 0.29) is 5.91 Å². The van der Waals surface area contributed by atoms with Gasteiger partial charge in [0.15, 0.2) is 0 Å². The molecule has 0 saturated heterocycles. The summed E-state index contributed by atoms with van der Waals surface area (Å²) in [6, 6.07) is 3.51. The molecule has 80 valence electrons. The zero-order valence-electron chi connectivity index (χ0n) is 8.13. The van der Waals surface area contributed by atoms with E-state index in [2.05, 4.69) is 10.3 Å². The Bertz CT molecular complexity index is 394. The van der Waals surface area contributed by atoms with E-state index in [0.29, 0.717) is 12.1 Å². The summed E-state index contributed by atoms with van der Waals surface area (Å²) < 4.78 is -0.931. The second-order valence-electron chi connectivity index (χ2n) is 3.91. The van der Waals surface area contributed by atoms with Crippen molar-refractivity contribution in [1.29, 1.82) is 0 Å². The predicted molar refractivity (Wildman–Crippen MR) is 60.0 cm³/mol. The average molecular weight is 245 g/mol.